The molecule has 1 heterocycles. The molecule has 132 valence electrons. The van der Waals surface area contributed by atoms with Crippen LogP contribution in [0.3, 0.4) is 0 Å². The van der Waals surface area contributed by atoms with Gasteiger partial charge in [-0.25, -0.2) is 0 Å². The Morgan fingerprint density at radius 2 is 1.88 bits per heavy atom. The zero-order valence-electron chi connectivity index (χ0n) is 14.7. The third-order valence-corrected chi connectivity index (χ3v) is 4.01. The van der Waals surface area contributed by atoms with Crippen LogP contribution in [0.1, 0.15) is 21.5 Å². The smallest absolute Gasteiger partial charge is 0.257 e. The van der Waals surface area contributed by atoms with Gasteiger partial charge < -0.3 is 14.6 Å². The third kappa shape index (κ3) is 4.19. The molecule has 1 aromatic heterocycles. The average molecular weight is 348 g/mol. The summed E-state index contributed by atoms with van der Waals surface area (Å²) in [7, 11) is 1.60. The van der Waals surface area contributed by atoms with Crippen molar-refractivity contribution in [3.63, 3.8) is 0 Å². The zero-order valence-corrected chi connectivity index (χ0v) is 14.7. The summed E-state index contributed by atoms with van der Waals surface area (Å²) in [6.07, 6.45) is 1.58. The molecular formula is C21H20N2O3. The van der Waals surface area contributed by atoms with Gasteiger partial charge in [-0.05, 0) is 48.4 Å². The lowest BCUT2D eigenvalue weighted by molar-refractivity contribution is 0.102. The van der Waals surface area contributed by atoms with Crippen LogP contribution in [0, 0.1) is 6.92 Å². The van der Waals surface area contributed by atoms with Gasteiger partial charge >= 0.3 is 0 Å². The van der Waals surface area contributed by atoms with E-state index >= 15 is 0 Å². The van der Waals surface area contributed by atoms with E-state index in [0.29, 0.717) is 12.1 Å². The van der Waals surface area contributed by atoms with Crippen LogP contribution in [0.5, 0.6) is 5.75 Å². The predicted molar refractivity (Wildman–Crippen MR) is 102 cm³/mol. The van der Waals surface area contributed by atoms with Crippen LogP contribution >= 0.6 is 0 Å². The summed E-state index contributed by atoms with van der Waals surface area (Å²) in [6, 6.07) is 18.0. The standard InChI is InChI=1S/C21H20N2O3/c1-15-5-3-7-18(11-15)22-21(25)17-9-10-20(24)23(14-17)13-16-6-4-8-19(12-16)26-2/h3-12,14H,13H2,1-2H3,(H,22,25). The van der Waals surface area contributed by atoms with Gasteiger partial charge in [0.1, 0.15) is 5.75 Å². The van der Waals surface area contributed by atoms with Crippen LogP contribution in [-0.4, -0.2) is 17.6 Å². The summed E-state index contributed by atoms with van der Waals surface area (Å²) >= 11 is 0. The first-order valence-corrected chi connectivity index (χ1v) is 8.26. The molecule has 0 aliphatic rings. The van der Waals surface area contributed by atoms with E-state index < -0.39 is 0 Å². The molecule has 0 aliphatic carbocycles. The molecule has 0 spiro atoms. The van der Waals surface area contributed by atoms with Crippen LogP contribution < -0.4 is 15.6 Å². The van der Waals surface area contributed by atoms with Gasteiger partial charge in [0.25, 0.3) is 11.5 Å². The Kier molecular flexibility index (Phi) is 5.17. The number of benzene rings is 2. The highest BCUT2D eigenvalue weighted by Crippen LogP contribution is 2.14. The minimum absolute atomic E-state index is 0.167. The second kappa shape index (κ2) is 7.70. The fraction of sp³-hybridized carbons (Fsp3) is 0.143. The van der Waals surface area contributed by atoms with Crippen LogP contribution in [-0.2, 0) is 6.54 Å². The number of pyridine rings is 1. The summed E-state index contributed by atoms with van der Waals surface area (Å²) < 4.78 is 6.72. The van der Waals surface area contributed by atoms with Crippen molar-refractivity contribution in [3.8, 4) is 5.75 Å². The molecule has 0 fully saturated rings. The fourth-order valence-electron chi connectivity index (χ4n) is 2.68. The van der Waals surface area contributed by atoms with E-state index in [4.69, 9.17) is 4.74 Å². The van der Waals surface area contributed by atoms with Crippen molar-refractivity contribution in [1.29, 1.82) is 0 Å². The number of methoxy groups -OCH3 is 1. The zero-order chi connectivity index (χ0) is 18.5. The van der Waals surface area contributed by atoms with Crippen molar-refractivity contribution in [2.75, 3.05) is 12.4 Å². The molecule has 1 N–H and O–H groups in total. The van der Waals surface area contributed by atoms with Crippen molar-refractivity contribution < 1.29 is 9.53 Å². The number of aryl methyl sites for hydroxylation is 1. The Morgan fingerprint density at radius 1 is 1.08 bits per heavy atom. The maximum Gasteiger partial charge on any atom is 0.257 e. The lowest BCUT2D eigenvalue weighted by atomic mass is 10.2. The number of aromatic nitrogens is 1. The lowest BCUT2D eigenvalue weighted by Gasteiger charge is -2.10. The predicted octanol–water partition coefficient (Wildman–Crippen LogP) is 3.47. The molecule has 0 saturated carbocycles. The van der Waals surface area contributed by atoms with E-state index in [1.54, 1.807) is 13.3 Å². The number of nitrogens with zero attached hydrogens (tertiary/aromatic N) is 1. The Hall–Kier alpha value is -3.34. The van der Waals surface area contributed by atoms with Crippen LogP contribution in [0.2, 0.25) is 0 Å². The number of amides is 1. The van der Waals surface area contributed by atoms with Gasteiger partial charge in [-0.15, -0.1) is 0 Å². The van der Waals surface area contributed by atoms with Crippen molar-refractivity contribution in [1.82, 2.24) is 4.57 Å². The summed E-state index contributed by atoms with van der Waals surface area (Å²) in [5, 5.41) is 2.85. The molecule has 5 heteroatoms. The number of carbonyl (C=O) groups is 1. The van der Waals surface area contributed by atoms with Gasteiger partial charge in [0.05, 0.1) is 19.2 Å². The summed E-state index contributed by atoms with van der Waals surface area (Å²) in [6.45, 7) is 2.32. The minimum Gasteiger partial charge on any atom is -0.497 e. The minimum atomic E-state index is -0.255. The summed E-state index contributed by atoms with van der Waals surface area (Å²) in [5.41, 5.74) is 2.96. The number of carbonyl (C=O) groups excluding carboxylic acids is 1. The first-order chi connectivity index (χ1) is 12.5. The Labute approximate surface area is 151 Å². The Balaban J connectivity index is 1.82. The highest BCUT2D eigenvalue weighted by atomic mass is 16.5. The summed E-state index contributed by atoms with van der Waals surface area (Å²) in [5.74, 6) is 0.471. The third-order valence-electron chi connectivity index (χ3n) is 4.01. The molecule has 26 heavy (non-hydrogen) atoms. The van der Waals surface area contributed by atoms with E-state index in [1.807, 2.05) is 55.5 Å². The SMILES string of the molecule is COc1cccc(Cn2cc(C(=O)Nc3cccc(C)c3)ccc2=O)c1. The van der Waals surface area contributed by atoms with E-state index in [9.17, 15) is 9.59 Å². The molecule has 0 bridgehead atoms. The molecule has 2 aromatic carbocycles. The van der Waals surface area contributed by atoms with Crippen LogP contribution in [0.4, 0.5) is 5.69 Å². The highest BCUT2D eigenvalue weighted by molar-refractivity contribution is 6.04. The quantitative estimate of drug-likeness (QED) is 0.768. The van der Waals surface area contributed by atoms with E-state index in [1.165, 1.54) is 16.7 Å². The number of nitrogens with one attached hydrogen (secondary N) is 1. The van der Waals surface area contributed by atoms with E-state index in [2.05, 4.69) is 5.32 Å². The monoisotopic (exact) mass is 348 g/mol. The highest BCUT2D eigenvalue weighted by Gasteiger charge is 2.09. The van der Waals surface area contributed by atoms with Gasteiger partial charge in [-0.3, -0.25) is 9.59 Å². The van der Waals surface area contributed by atoms with Crippen molar-refractivity contribution in [3.05, 3.63) is 93.9 Å². The first kappa shape index (κ1) is 17.5. The molecule has 0 atom stereocenters. The van der Waals surface area contributed by atoms with Crippen LogP contribution in [0.15, 0.2) is 71.7 Å². The van der Waals surface area contributed by atoms with Crippen LogP contribution in [0.25, 0.3) is 0 Å². The van der Waals surface area contributed by atoms with Gasteiger partial charge in [0.2, 0.25) is 0 Å². The largest absolute Gasteiger partial charge is 0.497 e. The first-order valence-electron chi connectivity index (χ1n) is 8.26. The second-order valence-electron chi connectivity index (χ2n) is 6.06. The summed E-state index contributed by atoms with van der Waals surface area (Å²) in [4.78, 5) is 24.7. The molecule has 5 nitrogen and oxygen atoms in total. The lowest BCUT2D eigenvalue weighted by Crippen LogP contribution is -2.22. The molecular weight excluding hydrogens is 328 g/mol. The van der Waals surface area contributed by atoms with E-state index in [-0.39, 0.29) is 11.5 Å². The van der Waals surface area contributed by atoms with Crippen molar-refractivity contribution in [2.24, 2.45) is 0 Å². The molecule has 0 radical (unpaired) electrons. The number of ether oxygens (including phenoxy) is 1. The maximum absolute atomic E-state index is 12.5. The molecule has 0 saturated heterocycles. The van der Waals surface area contributed by atoms with Gasteiger partial charge in [-0.2, -0.15) is 0 Å². The Bertz CT molecular complexity index is 992. The maximum atomic E-state index is 12.5. The number of hydrogen-bond donors (Lipinski definition) is 1. The van der Waals surface area contributed by atoms with Gasteiger partial charge in [0.15, 0.2) is 0 Å². The average Bonchev–Trinajstić information content (AvgIpc) is 2.63. The molecule has 0 unspecified atom stereocenters. The number of rotatable bonds is 5. The van der Waals surface area contributed by atoms with E-state index in [0.717, 1.165) is 22.6 Å². The van der Waals surface area contributed by atoms with Crippen molar-refractivity contribution >= 4 is 11.6 Å². The normalized spacial score (nSPS) is 10.4. The molecule has 3 aromatic rings. The molecule has 3 rings (SSSR count). The number of anilines is 1. The van der Waals surface area contributed by atoms with Gasteiger partial charge in [-0.1, -0.05) is 24.3 Å². The molecule has 0 aliphatic heterocycles. The number of hydrogen-bond acceptors (Lipinski definition) is 3. The molecule has 1 amide bonds. The fourth-order valence-corrected chi connectivity index (χ4v) is 2.68. The van der Waals surface area contributed by atoms with Crippen molar-refractivity contribution in [2.45, 2.75) is 13.5 Å². The Morgan fingerprint density at radius 3 is 2.65 bits per heavy atom. The van der Waals surface area contributed by atoms with Gasteiger partial charge in [0, 0.05) is 18.0 Å². The second-order valence-corrected chi connectivity index (χ2v) is 6.06. The topological polar surface area (TPSA) is 60.3 Å².